The van der Waals surface area contributed by atoms with Crippen LogP contribution in [0.1, 0.15) is 44.9 Å². The zero-order valence-corrected chi connectivity index (χ0v) is 10.5. The third-order valence-electron chi connectivity index (χ3n) is 5.23. The second-order valence-electron chi connectivity index (χ2n) is 6.52. The van der Waals surface area contributed by atoms with E-state index in [9.17, 15) is 4.79 Å². The smallest absolute Gasteiger partial charge is 0.226 e. The van der Waals surface area contributed by atoms with Gasteiger partial charge in [-0.25, -0.2) is 0 Å². The number of aliphatic hydroxyl groups excluding tert-OH is 1. The van der Waals surface area contributed by atoms with E-state index in [-0.39, 0.29) is 17.9 Å². The molecule has 4 fully saturated rings. The van der Waals surface area contributed by atoms with Crippen LogP contribution in [-0.4, -0.2) is 24.2 Å². The maximum absolute atomic E-state index is 12.4. The molecule has 3 heteroatoms. The van der Waals surface area contributed by atoms with Gasteiger partial charge in [0.25, 0.3) is 0 Å². The van der Waals surface area contributed by atoms with E-state index < -0.39 is 0 Å². The molecular weight excluding hydrogens is 214 g/mol. The molecule has 4 aliphatic rings. The van der Waals surface area contributed by atoms with Crippen LogP contribution in [0.2, 0.25) is 0 Å². The van der Waals surface area contributed by atoms with Gasteiger partial charge in [0, 0.05) is 12.0 Å². The number of amides is 1. The highest BCUT2D eigenvalue weighted by atomic mass is 16.3. The van der Waals surface area contributed by atoms with Crippen molar-refractivity contribution >= 4 is 5.91 Å². The van der Waals surface area contributed by atoms with Crippen LogP contribution in [0.3, 0.4) is 0 Å². The highest BCUT2D eigenvalue weighted by Gasteiger charge is 2.52. The van der Waals surface area contributed by atoms with E-state index in [1.807, 2.05) is 0 Å². The van der Waals surface area contributed by atoms with E-state index in [1.165, 1.54) is 25.7 Å². The first-order valence-corrected chi connectivity index (χ1v) is 7.11. The molecule has 0 aromatic rings. The first-order chi connectivity index (χ1) is 8.22. The number of fused-ring (bicyclic) bond motifs is 1. The van der Waals surface area contributed by atoms with Gasteiger partial charge in [-0.05, 0) is 49.9 Å². The third kappa shape index (κ3) is 1.99. The number of hydrogen-bond acceptors (Lipinski definition) is 2. The molecule has 0 saturated heterocycles. The molecule has 0 aromatic carbocycles. The maximum Gasteiger partial charge on any atom is 0.226 e. The van der Waals surface area contributed by atoms with Gasteiger partial charge in [-0.3, -0.25) is 4.79 Å². The lowest BCUT2D eigenvalue weighted by molar-refractivity contribution is -0.138. The monoisotopic (exact) mass is 237 g/mol. The Bertz CT molecular complexity index is 299. The van der Waals surface area contributed by atoms with Crippen LogP contribution in [0.5, 0.6) is 0 Å². The van der Waals surface area contributed by atoms with Crippen LogP contribution in [-0.2, 0) is 4.79 Å². The van der Waals surface area contributed by atoms with Crippen LogP contribution in [0.15, 0.2) is 0 Å². The normalized spacial score (nSPS) is 43.5. The lowest BCUT2D eigenvalue weighted by atomic mass is 9.58. The van der Waals surface area contributed by atoms with E-state index >= 15 is 0 Å². The number of carbonyl (C=O) groups excluding carboxylic acids is 1. The number of carbonyl (C=O) groups is 1. The summed E-state index contributed by atoms with van der Waals surface area (Å²) in [6.45, 7) is 0.471. The summed E-state index contributed by atoms with van der Waals surface area (Å²) in [5.74, 6) is 2.62. The van der Waals surface area contributed by atoms with Gasteiger partial charge in [0.2, 0.25) is 5.91 Å². The van der Waals surface area contributed by atoms with Crippen LogP contribution in [0.25, 0.3) is 0 Å². The average molecular weight is 237 g/mol. The third-order valence-corrected chi connectivity index (χ3v) is 5.23. The Hall–Kier alpha value is -0.570. The van der Waals surface area contributed by atoms with Crippen molar-refractivity contribution in [3.8, 4) is 0 Å². The molecule has 4 rings (SSSR count). The molecule has 17 heavy (non-hydrogen) atoms. The highest BCUT2D eigenvalue weighted by Crippen LogP contribution is 2.57. The molecule has 0 spiro atoms. The van der Waals surface area contributed by atoms with Gasteiger partial charge >= 0.3 is 0 Å². The fourth-order valence-electron chi connectivity index (χ4n) is 4.83. The molecule has 96 valence electrons. The Labute approximate surface area is 103 Å². The summed E-state index contributed by atoms with van der Waals surface area (Å²) in [7, 11) is 0. The average Bonchev–Trinajstić information content (AvgIpc) is 2.53. The summed E-state index contributed by atoms with van der Waals surface area (Å²) in [6, 6.07) is 0. The summed E-state index contributed by atoms with van der Waals surface area (Å²) < 4.78 is 0. The molecule has 1 amide bonds. The molecule has 2 unspecified atom stereocenters. The minimum absolute atomic E-state index is 0.0537. The fraction of sp³-hybridized carbons (Fsp3) is 0.929. The maximum atomic E-state index is 12.4. The second kappa shape index (κ2) is 4.27. The molecule has 3 nitrogen and oxygen atoms in total. The Morgan fingerprint density at radius 1 is 1.12 bits per heavy atom. The molecule has 4 bridgehead atoms. The molecule has 4 saturated carbocycles. The molecule has 4 aliphatic carbocycles. The zero-order valence-electron chi connectivity index (χ0n) is 10.5. The van der Waals surface area contributed by atoms with Gasteiger partial charge in [-0.2, -0.15) is 0 Å². The molecule has 2 atom stereocenters. The molecular formula is C14H23NO2. The van der Waals surface area contributed by atoms with Crippen LogP contribution < -0.4 is 5.32 Å². The topological polar surface area (TPSA) is 49.3 Å². The van der Waals surface area contributed by atoms with E-state index in [2.05, 4.69) is 5.32 Å². The van der Waals surface area contributed by atoms with E-state index in [4.69, 9.17) is 5.11 Å². The van der Waals surface area contributed by atoms with E-state index in [1.54, 1.807) is 0 Å². The Kier molecular flexibility index (Phi) is 2.89. The van der Waals surface area contributed by atoms with Crippen LogP contribution >= 0.6 is 0 Å². The summed E-state index contributed by atoms with van der Waals surface area (Å²) in [5.41, 5.74) is -0.0673. The van der Waals surface area contributed by atoms with Crippen molar-refractivity contribution in [3.05, 3.63) is 0 Å². The summed E-state index contributed by atoms with van der Waals surface area (Å²) in [6.07, 6.45) is 8.75. The van der Waals surface area contributed by atoms with Gasteiger partial charge in [0.15, 0.2) is 0 Å². The van der Waals surface area contributed by atoms with Crippen molar-refractivity contribution in [1.82, 2.24) is 5.32 Å². The van der Waals surface area contributed by atoms with Crippen molar-refractivity contribution in [3.63, 3.8) is 0 Å². The molecule has 0 aromatic heterocycles. The molecule has 0 aliphatic heterocycles. The predicted molar refractivity (Wildman–Crippen MR) is 65.3 cm³/mol. The first kappa shape index (κ1) is 11.5. The summed E-state index contributed by atoms with van der Waals surface area (Å²) in [4.78, 5) is 12.4. The quantitative estimate of drug-likeness (QED) is 0.785. The number of rotatable bonds is 3. The number of nitrogens with one attached hydrogen (secondary N) is 1. The molecule has 0 heterocycles. The zero-order chi connectivity index (χ0) is 11.9. The van der Waals surface area contributed by atoms with Gasteiger partial charge < -0.3 is 10.4 Å². The van der Waals surface area contributed by atoms with Gasteiger partial charge in [-0.1, -0.05) is 12.8 Å². The van der Waals surface area contributed by atoms with Crippen molar-refractivity contribution in [2.75, 3.05) is 13.2 Å². The minimum atomic E-state index is -0.0673. The van der Waals surface area contributed by atoms with Crippen molar-refractivity contribution in [1.29, 1.82) is 0 Å². The van der Waals surface area contributed by atoms with Crippen molar-refractivity contribution in [2.24, 2.45) is 23.2 Å². The predicted octanol–water partition coefficient (Wildman–Crippen LogP) is 1.70. The lowest BCUT2D eigenvalue weighted by Crippen LogP contribution is -2.49. The van der Waals surface area contributed by atoms with Crippen molar-refractivity contribution < 1.29 is 9.90 Å². The second-order valence-corrected chi connectivity index (χ2v) is 6.52. The lowest BCUT2D eigenvalue weighted by Gasteiger charge is -2.47. The van der Waals surface area contributed by atoms with Crippen LogP contribution in [0.4, 0.5) is 0 Å². The summed E-state index contributed by atoms with van der Waals surface area (Å²) >= 11 is 0. The summed E-state index contributed by atoms with van der Waals surface area (Å²) in [5, 5.41) is 11.8. The van der Waals surface area contributed by atoms with Gasteiger partial charge in [0.05, 0.1) is 6.61 Å². The van der Waals surface area contributed by atoms with E-state index in [0.29, 0.717) is 6.54 Å². The highest BCUT2D eigenvalue weighted by molar-refractivity contribution is 5.83. The van der Waals surface area contributed by atoms with Crippen LogP contribution in [0, 0.1) is 23.2 Å². The van der Waals surface area contributed by atoms with Crippen molar-refractivity contribution in [2.45, 2.75) is 44.9 Å². The Morgan fingerprint density at radius 2 is 1.71 bits per heavy atom. The SMILES string of the molecule is O=C(NCCO)C12CC3CCC(CC(C3)C1)C2. The first-order valence-electron chi connectivity index (χ1n) is 7.11. The Balaban J connectivity index is 1.79. The number of hydrogen-bond donors (Lipinski definition) is 2. The fourth-order valence-corrected chi connectivity index (χ4v) is 4.83. The largest absolute Gasteiger partial charge is 0.395 e. The van der Waals surface area contributed by atoms with E-state index in [0.717, 1.165) is 37.0 Å². The number of aliphatic hydroxyl groups is 1. The van der Waals surface area contributed by atoms with Gasteiger partial charge in [0.1, 0.15) is 0 Å². The van der Waals surface area contributed by atoms with Gasteiger partial charge in [-0.15, -0.1) is 0 Å². The Morgan fingerprint density at radius 3 is 2.29 bits per heavy atom. The molecule has 0 radical (unpaired) electrons. The molecule has 2 N–H and O–H groups in total. The standard InChI is InChI=1S/C14H23NO2/c16-4-3-15-13(17)14-7-10-1-2-11(8-14)6-12(5-10)9-14/h10-12,16H,1-9H2,(H,15,17). The minimum Gasteiger partial charge on any atom is -0.395 e.